The summed E-state index contributed by atoms with van der Waals surface area (Å²) in [5.41, 5.74) is 5.46. The van der Waals surface area contributed by atoms with Crippen molar-refractivity contribution < 1.29 is 4.42 Å². The highest BCUT2D eigenvalue weighted by Crippen LogP contribution is 2.09. The Morgan fingerprint density at radius 2 is 2.30 bits per heavy atom. The summed E-state index contributed by atoms with van der Waals surface area (Å²) in [6, 6.07) is 0.196. The summed E-state index contributed by atoms with van der Waals surface area (Å²) in [5.74, 6) is 0.448. The number of hydrogen-bond acceptors (Lipinski definition) is 5. The van der Waals surface area contributed by atoms with Gasteiger partial charge in [-0.1, -0.05) is 5.10 Å². The number of nitrogens with one attached hydrogen (secondary N) is 1. The highest BCUT2D eigenvalue weighted by atomic mass is 16.4. The molecule has 1 aromatic heterocycles. The molecule has 0 fully saturated rings. The van der Waals surface area contributed by atoms with Crippen LogP contribution in [0.1, 0.15) is 18.9 Å². The fourth-order valence-corrected chi connectivity index (χ4v) is 0.520. The quantitative estimate of drug-likeness (QED) is 0.613. The Hall–Kier alpha value is -1.10. The Morgan fingerprint density at radius 1 is 1.60 bits per heavy atom. The molecule has 0 aliphatic carbocycles. The molecular weight excluding hydrogens is 132 g/mol. The van der Waals surface area contributed by atoms with E-state index < -0.39 is 0 Å². The zero-order valence-electron chi connectivity index (χ0n) is 5.96. The zero-order chi connectivity index (χ0) is 7.56. The number of hydrogen-bond donors (Lipinski definition) is 2. The smallest absolute Gasteiger partial charge is 0.315 e. The molecule has 1 unspecified atom stereocenters. The van der Waals surface area contributed by atoms with Gasteiger partial charge in [-0.3, -0.25) is 0 Å². The van der Waals surface area contributed by atoms with E-state index in [9.17, 15) is 0 Å². The van der Waals surface area contributed by atoms with Crippen LogP contribution in [0.5, 0.6) is 0 Å². The molecule has 10 heavy (non-hydrogen) atoms. The molecular formula is C5H10N4O. The molecule has 0 bridgehead atoms. The predicted octanol–water partition coefficient (Wildman–Crippen LogP) is 0.131. The molecule has 0 aromatic carbocycles. The lowest BCUT2D eigenvalue weighted by Gasteiger charge is -1.93. The first-order chi connectivity index (χ1) is 4.74. The molecule has 1 atom stereocenters. The van der Waals surface area contributed by atoms with E-state index in [0.717, 1.165) is 0 Å². The minimum Gasteiger partial charge on any atom is -0.406 e. The fourth-order valence-electron chi connectivity index (χ4n) is 0.520. The molecule has 5 nitrogen and oxygen atoms in total. The third kappa shape index (κ3) is 1.24. The van der Waals surface area contributed by atoms with Crippen LogP contribution in [0, 0.1) is 0 Å². The van der Waals surface area contributed by atoms with Crippen LogP contribution in [-0.2, 0) is 0 Å². The predicted molar refractivity (Wildman–Crippen MR) is 36.4 cm³/mol. The lowest BCUT2D eigenvalue weighted by Crippen LogP contribution is -2.04. The number of nitrogens with zero attached hydrogens (tertiary/aromatic N) is 2. The first kappa shape index (κ1) is 7.01. The van der Waals surface area contributed by atoms with Crippen LogP contribution in [-0.4, -0.2) is 17.2 Å². The Bertz CT molecular complexity index is 207. The largest absolute Gasteiger partial charge is 0.406 e. The number of aromatic nitrogens is 2. The maximum atomic E-state index is 5.46. The Kier molecular flexibility index (Phi) is 1.86. The molecule has 0 aliphatic heterocycles. The van der Waals surface area contributed by atoms with Gasteiger partial charge in [0.2, 0.25) is 5.89 Å². The third-order valence-corrected chi connectivity index (χ3v) is 1.04. The topological polar surface area (TPSA) is 77.0 Å². The van der Waals surface area contributed by atoms with Crippen LogP contribution < -0.4 is 11.1 Å². The van der Waals surface area contributed by atoms with Crippen LogP contribution in [0.3, 0.4) is 0 Å². The molecule has 0 aliphatic rings. The van der Waals surface area contributed by atoms with Crippen LogP contribution in [0.4, 0.5) is 6.01 Å². The maximum absolute atomic E-state index is 5.46. The molecule has 0 saturated heterocycles. The van der Waals surface area contributed by atoms with Crippen LogP contribution >= 0.6 is 0 Å². The molecule has 0 saturated carbocycles. The standard InChI is InChI=1S/C5H10N4O/c1-3(6)4-8-9-5(7-2)10-4/h3H,6H2,1-2H3,(H,7,9). The van der Waals surface area contributed by atoms with Crippen molar-refractivity contribution in [2.75, 3.05) is 12.4 Å². The summed E-state index contributed by atoms with van der Waals surface area (Å²) >= 11 is 0. The highest BCUT2D eigenvalue weighted by molar-refractivity contribution is 5.14. The van der Waals surface area contributed by atoms with Crippen LogP contribution in [0.15, 0.2) is 4.42 Å². The van der Waals surface area contributed by atoms with Gasteiger partial charge >= 0.3 is 6.01 Å². The molecule has 1 rings (SSSR count). The number of nitrogens with two attached hydrogens (primary N) is 1. The van der Waals surface area contributed by atoms with E-state index in [0.29, 0.717) is 11.9 Å². The van der Waals surface area contributed by atoms with Gasteiger partial charge in [0.1, 0.15) is 0 Å². The van der Waals surface area contributed by atoms with Crippen LogP contribution in [0.2, 0.25) is 0 Å². The molecule has 0 spiro atoms. The van der Waals surface area contributed by atoms with Crippen molar-refractivity contribution in [2.45, 2.75) is 13.0 Å². The molecule has 1 heterocycles. The second-order valence-corrected chi connectivity index (χ2v) is 1.98. The molecule has 0 radical (unpaired) electrons. The van der Waals surface area contributed by atoms with Crippen molar-refractivity contribution in [3.05, 3.63) is 5.89 Å². The van der Waals surface area contributed by atoms with E-state index in [2.05, 4.69) is 15.5 Å². The van der Waals surface area contributed by atoms with Gasteiger partial charge < -0.3 is 15.5 Å². The summed E-state index contributed by atoms with van der Waals surface area (Å²) in [7, 11) is 1.71. The first-order valence-corrected chi connectivity index (χ1v) is 3.00. The fraction of sp³-hybridized carbons (Fsp3) is 0.600. The number of anilines is 1. The van der Waals surface area contributed by atoms with E-state index in [-0.39, 0.29) is 6.04 Å². The number of rotatable bonds is 2. The Morgan fingerprint density at radius 3 is 2.60 bits per heavy atom. The summed E-state index contributed by atoms with van der Waals surface area (Å²) < 4.78 is 5.04. The van der Waals surface area contributed by atoms with Crippen molar-refractivity contribution >= 4 is 6.01 Å². The lowest BCUT2D eigenvalue weighted by molar-refractivity contribution is 0.474. The monoisotopic (exact) mass is 142 g/mol. The van der Waals surface area contributed by atoms with Gasteiger partial charge in [0, 0.05) is 7.05 Å². The van der Waals surface area contributed by atoms with Crippen LogP contribution in [0.25, 0.3) is 0 Å². The van der Waals surface area contributed by atoms with Crippen molar-refractivity contribution in [1.29, 1.82) is 0 Å². The van der Waals surface area contributed by atoms with E-state index in [1.54, 1.807) is 14.0 Å². The maximum Gasteiger partial charge on any atom is 0.315 e. The SMILES string of the molecule is CNc1nnc(C(C)N)o1. The molecule has 1 aromatic rings. The van der Waals surface area contributed by atoms with Gasteiger partial charge in [-0.25, -0.2) is 0 Å². The lowest BCUT2D eigenvalue weighted by atomic mass is 10.4. The average molecular weight is 142 g/mol. The van der Waals surface area contributed by atoms with E-state index in [4.69, 9.17) is 10.2 Å². The summed E-state index contributed by atoms with van der Waals surface area (Å²) in [5, 5.41) is 10.0. The Balaban J connectivity index is 2.78. The third-order valence-electron chi connectivity index (χ3n) is 1.04. The van der Waals surface area contributed by atoms with Crippen molar-refractivity contribution in [3.63, 3.8) is 0 Å². The van der Waals surface area contributed by atoms with Crippen molar-refractivity contribution in [3.8, 4) is 0 Å². The Labute approximate surface area is 58.6 Å². The van der Waals surface area contributed by atoms with Gasteiger partial charge in [0.25, 0.3) is 0 Å². The van der Waals surface area contributed by atoms with Gasteiger partial charge in [0.15, 0.2) is 0 Å². The van der Waals surface area contributed by atoms with Gasteiger partial charge in [-0.05, 0) is 6.92 Å². The molecule has 3 N–H and O–H groups in total. The minimum atomic E-state index is -0.199. The van der Waals surface area contributed by atoms with Gasteiger partial charge in [-0.2, -0.15) is 0 Å². The van der Waals surface area contributed by atoms with E-state index in [1.807, 2.05) is 0 Å². The summed E-state index contributed by atoms with van der Waals surface area (Å²) in [6.07, 6.45) is 0. The molecule has 56 valence electrons. The second kappa shape index (κ2) is 2.66. The van der Waals surface area contributed by atoms with Crippen molar-refractivity contribution in [2.24, 2.45) is 5.73 Å². The summed E-state index contributed by atoms with van der Waals surface area (Å²) in [6.45, 7) is 1.78. The van der Waals surface area contributed by atoms with E-state index in [1.165, 1.54) is 0 Å². The van der Waals surface area contributed by atoms with Gasteiger partial charge in [0.05, 0.1) is 6.04 Å². The minimum absolute atomic E-state index is 0.199. The first-order valence-electron chi connectivity index (χ1n) is 3.00. The molecule has 5 heteroatoms. The molecule has 0 amide bonds. The summed E-state index contributed by atoms with van der Waals surface area (Å²) in [4.78, 5) is 0. The second-order valence-electron chi connectivity index (χ2n) is 1.98. The van der Waals surface area contributed by atoms with Gasteiger partial charge in [-0.15, -0.1) is 5.10 Å². The zero-order valence-corrected chi connectivity index (χ0v) is 5.96. The average Bonchev–Trinajstić information content (AvgIpc) is 2.34. The highest BCUT2D eigenvalue weighted by Gasteiger charge is 2.07. The van der Waals surface area contributed by atoms with E-state index >= 15 is 0 Å². The normalized spacial score (nSPS) is 13.1. The van der Waals surface area contributed by atoms with Crippen molar-refractivity contribution in [1.82, 2.24) is 10.2 Å².